The Morgan fingerprint density at radius 2 is 1.89 bits per heavy atom. The number of alkyl halides is 3. The fourth-order valence-corrected chi connectivity index (χ4v) is 2.31. The first-order valence-electron chi connectivity index (χ1n) is 8.20. The monoisotopic (exact) mass is 385 g/mol. The van der Waals surface area contributed by atoms with Crippen LogP contribution >= 0.6 is 0 Å². The average Bonchev–Trinajstić information content (AvgIpc) is 3.00. The van der Waals surface area contributed by atoms with Gasteiger partial charge >= 0.3 is 18.2 Å². The van der Waals surface area contributed by atoms with E-state index in [-0.39, 0.29) is 5.82 Å². The van der Waals surface area contributed by atoms with Crippen molar-refractivity contribution in [1.29, 1.82) is 0 Å². The zero-order valence-electron chi connectivity index (χ0n) is 14.9. The number of likely N-dealkylation sites (tertiary alicyclic amines) is 1. The number of hydrogen-bond donors (Lipinski definition) is 0. The minimum atomic E-state index is -4.69. The van der Waals surface area contributed by atoms with Crippen molar-refractivity contribution in [2.75, 3.05) is 6.54 Å². The smallest absolute Gasteiger partial charge is 0.470 e. The molecule has 3 rings (SSSR count). The van der Waals surface area contributed by atoms with Crippen LogP contribution in [0.15, 0.2) is 28.8 Å². The van der Waals surface area contributed by atoms with Crippen LogP contribution in [0.2, 0.25) is 0 Å². The van der Waals surface area contributed by atoms with E-state index in [1.54, 1.807) is 32.9 Å². The average molecular weight is 385 g/mol. The quantitative estimate of drug-likeness (QED) is 0.792. The highest BCUT2D eigenvalue weighted by atomic mass is 19.4. The van der Waals surface area contributed by atoms with Crippen molar-refractivity contribution in [1.82, 2.24) is 15.0 Å². The summed E-state index contributed by atoms with van der Waals surface area (Å²) in [6, 6.07) is 6.14. The fourth-order valence-electron chi connectivity index (χ4n) is 2.31. The van der Waals surface area contributed by atoms with Gasteiger partial charge in [0.2, 0.25) is 5.82 Å². The summed E-state index contributed by atoms with van der Waals surface area (Å²) < 4.78 is 52.8. The van der Waals surface area contributed by atoms with Crippen LogP contribution in [-0.2, 0) is 10.9 Å². The van der Waals surface area contributed by atoms with Gasteiger partial charge in [-0.05, 0) is 45.0 Å². The van der Waals surface area contributed by atoms with E-state index in [4.69, 9.17) is 9.47 Å². The van der Waals surface area contributed by atoms with Crippen molar-refractivity contribution in [3.8, 4) is 17.1 Å². The van der Waals surface area contributed by atoms with Crippen LogP contribution in [0.4, 0.5) is 18.0 Å². The minimum Gasteiger partial charge on any atom is -0.470 e. The molecule has 0 spiro atoms. The van der Waals surface area contributed by atoms with E-state index in [2.05, 4.69) is 14.7 Å². The largest absolute Gasteiger partial charge is 0.471 e. The molecule has 1 aliphatic rings. The molecule has 2 heterocycles. The lowest BCUT2D eigenvalue weighted by Gasteiger charge is -2.40. The van der Waals surface area contributed by atoms with E-state index < -0.39 is 30.0 Å². The van der Waals surface area contributed by atoms with Crippen LogP contribution in [0.5, 0.6) is 5.75 Å². The van der Waals surface area contributed by atoms with E-state index in [9.17, 15) is 18.0 Å². The Bertz CT molecular complexity index is 812. The van der Waals surface area contributed by atoms with Gasteiger partial charge < -0.3 is 14.0 Å². The SMILES string of the molecule is CC(C)(C)OC(=O)N1CCC1Oc1ccc(-c2noc(C(F)(F)F)n2)cc1. The van der Waals surface area contributed by atoms with Crippen LogP contribution in [0.25, 0.3) is 11.4 Å². The molecule has 1 aromatic heterocycles. The minimum absolute atomic E-state index is 0.173. The van der Waals surface area contributed by atoms with E-state index >= 15 is 0 Å². The van der Waals surface area contributed by atoms with Crippen LogP contribution in [-0.4, -0.2) is 39.5 Å². The number of benzene rings is 1. The third kappa shape index (κ3) is 4.50. The number of ether oxygens (including phenoxy) is 2. The predicted molar refractivity (Wildman–Crippen MR) is 86.7 cm³/mol. The van der Waals surface area contributed by atoms with Crippen LogP contribution in [0, 0.1) is 0 Å². The second-order valence-corrected chi connectivity index (χ2v) is 6.98. The van der Waals surface area contributed by atoms with Crippen LogP contribution in [0.3, 0.4) is 0 Å². The molecule has 0 saturated carbocycles. The van der Waals surface area contributed by atoms with E-state index in [1.807, 2.05) is 0 Å². The molecule has 1 aliphatic heterocycles. The van der Waals surface area contributed by atoms with Crippen LogP contribution < -0.4 is 4.74 Å². The molecule has 2 aromatic rings. The predicted octanol–water partition coefficient (Wildman–Crippen LogP) is 4.10. The summed E-state index contributed by atoms with van der Waals surface area (Å²) in [5, 5.41) is 3.32. The van der Waals surface area contributed by atoms with Gasteiger partial charge in [-0.25, -0.2) is 4.79 Å². The van der Waals surface area contributed by atoms with Gasteiger partial charge in [0, 0.05) is 18.5 Å². The second kappa shape index (κ2) is 6.75. The molecule has 146 valence electrons. The zero-order chi connectivity index (χ0) is 19.8. The number of halogens is 3. The fraction of sp³-hybridized carbons (Fsp3) is 0.471. The topological polar surface area (TPSA) is 77.7 Å². The highest BCUT2D eigenvalue weighted by molar-refractivity contribution is 5.69. The Hall–Kier alpha value is -2.78. The van der Waals surface area contributed by atoms with Crippen LogP contribution in [0.1, 0.15) is 33.1 Å². The second-order valence-electron chi connectivity index (χ2n) is 6.98. The van der Waals surface area contributed by atoms with Crippen molar-refractivity contribution in [2.45, 2.75) is 45.2 Å². The molecule has 1 atom stereocenters. The van der Waals surface area contributed by atoms with Gasteiger partial charge in [-0.2, -0.15) is 18.2 Å². The summed E-state index contributed by atoms with van der Waals surface area (Å²) in [5.74, 6) is -1.12. The van der Waals surface area contributed by atoms with Gasteiger partial charge in [0.15, 0.2) is 6.23 Å². The Labute approximate surface area is 153 Å². The number of aromatic nitrogens is 2. The van der Waals surface area contributed by atoms with Gasteiger partial charge in [-0.1, -0.05) is 5.16 Å². The van der Waals surface area contributed by atoms with Crippen molar-refractivity contribution >= 4 is 6.09 Å². The standard InChI is InChI=1S/C17H18F3N3O4/c1-16(2,3)26-15(24)23-9-8-12(23)25-11-6-4-10(5-7-11)13-21-14(27-22-13)17(18,19)20/h4-7,12H,8-9H2,1-3H3. The normalized spacial score (nSPS) is 17.4. The highest BCUT2D eigenvalue weighted by Gasteiger charge is 2.39. The number of amides is 1. The maximum atomic E-state index is 12.5. The van der Waals surface area contributed by atoms with E-state index in [0.29, 0.717) is 24.3 Å². The van der Waals surface area contributed by atoms with Crippen molar-refractivity contribution in [3.63, 3.8) is 0 Å². The van der Waals surface area contributed by atoms with Gasteiger partial charge in [0.05, 0.1) is 0 Å². The lowest BCUT2D eigenvalue weighted by atomic mass is 10.1. The number of nitrogens with zero attached hydrogens (tertiary/aromatic N) is 3. The summed E-state index contributed by atoms with van der Waals surface area (Å²) in [6.07, 6.45) is -4.95. The van der Waals surface area contributed by atoms with E-state index in [0.717, 1.165) is 0 Å². The summed E-state index contributed by atoms with van der Waals surface area (Å²) in [7, 11) is 0. The lowest BCUT2D eigenvalue weighted by Crippen LogP contribution is -2.55. The Kier molecular flexibility index (Phi) is 4.75. The van der Waals surface area contributed by atoms with E-state index in [1.165, 1.54) is 17.0 Å². The molecule has 0 aliphatic carbocycles. The maximum Gasteiger partial charge on any atom is 0.471 e. The molecule has 7 nitrogen and oxygen atoms in total. The molecule has 0 N–H and O–H groups in total. The molecule has 1 amide bonds. The Balaban J connectivity index is 1.63. The summed E-state index contributed by atoms with van der Waals surface area (Å²) in [4.78, 5) is 16.9. The number of carbonyl (C=O) groups is 1. The summed E-state index contributed by atoms with van der Waals surface area (Å²) in [5.41, 5.74) is -0.252. The summed E-state index contributed by atoms with van der Waals surface area (Å²) in [6.45, 7) is 5.87. The van der Waals surface area contributed by atoms with Gasteiger partial charge in [0.25, 0.3) is 0 Å². The van der Waals surface area contributed by atoms with Crippen molar-refractivity contribution in [3.05, 3.63) is 30.2 Å². The molecule has 1 aromatic carbocycles. The lowest BCUT2D eigenvalue weighted by molar-refractivity contribution is -0.159. The first-order valence-corrected chi connectivity index (χ1v) is 8.20. The third-order valence-corrected chi connectivity index (χ3v) is 3.65. The summed E-state index contributed by atoms with van der Waals surface area (Å²) >= 11 is 0. The molecule has 1 fully saturated rings. The highest BCUT2D eigenvalue weighted by Crippen LogP contribution is 2.30. The molecule has 0 radical (unpaired) electrons. The molecule has 27 heavy (non-hydrogen) atoms. The molecule has 10 heteroatoms. The van der Waals surface area contributed by atoms with Gasteiger partial charge in [0.1, 0.15) is 11.4 Å². The molecular formula is C17H18F3N3O4. The van der Waals surface area contributed by atoms with Crippen molar-refractivity contribution < 1.29 is 32.0 Å². The third-order valence-electron chi connectivity index (χ3n) is 3.65. The van der Waals surface area contributed by atoms with Gasteiger partial charge in [-0.15, -0.1) is 0 Å². The van der Waals surface area contributed by atoms with Gasteiger partial charge in [-0.3, -0.25) is 4.90 Å². The Morgan fingerprint density at radius 3 is 2.37 bits per heavy atom. The number of hydrogen-bond acceptors (Lipinski definition) is 6. The Morgan fingerprint density at radius 1 is 1.22 bits per heavy atom. The molecular weight excluding hydrogens is 367 g/mol. The molecule has 0 bridgehead atoms. The number of carbonyl (C=O) groups excluding carboxylic acids is 1. The zero-order valence-corrected chi connectivity index (χ0v) is 14.9. The first kappa shape index (κ1) is 19.0. The van der Waals surface area contributed by atoms with Crippen molar-refractivity contribution in [2.24, 2.45) is 0 Å². The molecule has 1 saturated heterocycles. The maximum absolute atomic E-state index is 12.5. The first-order chi connectivity index (χ1) is 12.5. The molecule has 1 unspecified atom stereocenters. The number of rotatable bonds is 3.